The molecule has 0 saturated heterocycles. The van der Waals surface area contributed by atoms with Crippen LogP contribution in [0, 0.1) is 5.92 Å². The predicted octanol–water partition coefficient (Wildman–Crippen LogP) is 3.25. The van der Waals surface area contributed by atoms with Crippen molar-refractivity contribution in [2.24, 2.45) is 10.9 Å². The van der Waals surface area contributed by atoms with E-state index in [1.54, 1.807) is 0 Å². The quantitative estimate of drug-likeness (QED) is 0.449. The van der Waals surface area contributed by atoms with E-state index in [1.807, 2.05) is 18.2 Å². The predicted molar refractivity (Wildman–Crippen MR) is 99.8 cm³/mol. The minimum atomic E-state index is 0. The van der Waals surface area contributed by atoms with Gasteiger partial charge >= 0.3 is 0 Å². The molecule has 1 heterocycles. The van der Waals surface area contributed by atoms with Crippen molar-refractivity contribution < 1.29 is 9.47 Å². The Morgan fingerprint density at radius 1 is 1.23 bits per heavy atom. The summed E-state index contributed by atoms with van der Waals surface area (Å²) in [6.45, 7) is 5.24. The van der Waals surface area contributed by atoms with Gasteiger partial charge in [0.05, 0.1) is 13.2 Å². The van der Waals surface area contributed by atoms with Gasteiger partial charge in [0.15, 0.2) is 17.5 Å². The first kappa shape index (κ1) is 17.2. The van der Waals surface area contributed by atoms with Crippen LogP contribution in [0.3, 0.4) is 0 Å². The van der Waals surface area contributed by atoms with Gasteiger partial charge in [-0.1, -0.05) is 0 Å². The average molecular weight is 417 g/mol. The molecule has 5 nitrogen and oxygen atoms in total. The van der Waals surface area contributed by atoms with E-state index in [2.05, 4.69) is 22.5 Å². The van der Waals surface area contributed by atoms with Crippen LogP contribution in [0.15, 0.2) is 23.2 Å². The summed E-state index contributed by atoms with van der Waals surface area (Å²) in [4.78, 5) is 4.62. The van der Waals surface area contributed by atoms with Crippen molar-refractivity contribution in [2.75, 3.05) is 31.6 Å². The highest BCUT2D eigenvalue weighted by atomic mass is 127. The van der Waals surface area contributed by atoms with Crippen LogP contribution >= 0.6 is 24.0 Å². The Morgan fingerprint density at radius 2 is 2.00 bits per heavy atom. The first-order valence-electron chi connectivity index (χ1n) is 7.80. The number of nitrogens with zero attached hydrogens (tertiary/aromatic N) is 1. The molecule has 1 saturated carbocycles. The molecular formula is C16H24IN3O2. The number of halogens is 1. The Bertz CT molecular complexity index is 518. The molecule has 1 fully saturated rings. The molecule has 2 N–H and O–H groups in total. The van der Waals surface area contributed by atoms with Crippen LogP contribution in [0.2, 0.25) is 0 Å². The van der Waals surface area contributed by atoms with E-state index in [0.29, 0.717) is 13.2 Å². The van der Waals surface area contributed by atoms with Gasteiger partial charge in [-0.25, -0.2) is 0 Å². The Kier molecular flexibility index (Phi) is 6.60. The molecule has 1 aliphatic carbocycles. The van der Waals surface area contributed by atoms with Crippen LogP contribution in [0.25, 0.3) is 0 Å². The zero-order chi connectivity index (χ0) is 14.5. The molecule has 6 heteroatoms. The van der Waals surface area contributed by atoms with Gasteiger partial charge in [0, 0.05) is 31.3 Å². The number of ether oxygens (including phenoxy) is 2. The molecule has 0 bridgehead atoms. The molecule has 0 unspecified atom stereocenters. The van der Waals surface area contributed by atoms with E-state index >= 15 is 0 Å². The minimum absolute atomic E-state index is 0. The van der Waals surface area contributed by atoms with Crippen molar-refractivity contribution in [3.8, 4) is 11.5 Å². The lowest BCUT2D eigenvalue weighted by atomic mass is 10.3. The number of guanidine groups is 1. The SMILES string of the molecule is CCNC(=NCC1CC1)Nc1ccc2c(c1)OCCCO2.I. The highest BCUT2D eigenvalue weighted by molar-refractivity contribution is 14.0. The van der Waals surface area contributed by atoms with E-state index in [4.69, 9.17) is 9.47 Å². The summed E-state index contributed by atoms with van der Waals surface area (Å²) in [6.07, 6.45) is 3.54. The van der Waals surface area contributed by atoms with Crippen LogP contribution in [-0.4, -0.2) is 32.3 Å². The maximum atomic E-state index is 5.71. The van der Waals surface area contributed by atoms with Crippen molar-refractivity contribution >= 4 is 35.6 Å². The monoisotopic (exact) mass is 417 g/mol. The lowest BCUT2D eigenvalue weighted by Gasteiger charge is -2.13. The molecule has 0 atom stereocenters. The third-order valence-corrected chi connectivity index (χ3v) is 3.56. The molecule has 122 valence electrons. The summed E-state index contributed by atoms with van der Waals surface area (Å²) in [7, 11) is 0. The highest BCUT2D eigenvalue weighted by Crippen LogP contribution is 2.32. The van der Waals surface area contributed by atoms with Crippen LogP contribution in [-0.2, 0) is 0 Å². The van der Waals surface area contributed by atoms with E-state index in [-0.39, 0.29) is 24.0 Å². The van der Waals surface area contributed by atoms with E-state index < -0.39 is 0 Å². The molecule has 1 aliphatic heterocycles. The second-order valence-corrected chi connectivity index (χ2v) is 5.50. The molecule has 2 aliphatic rings. The first-order valence-corrected chi connectivity index (χ1v) is 7.80. The molecule has 1 aromatic rings. The van der Waals surface area contributed by atoms with Gasteiger partial charge < -0.3 is 20.1 Å². The van der Waals surface area contributed by atoms with Crippen LogP contribution < -0.4 is 20.1 Å². The van der Waals surface area contributed by atoms with Crippen LogP contribution in [0.5, 0.6) is 11.5 Å². The summed E-state index contributed by atoms with van der Waals surface area (Å²) >= 11 is 0. The van der Waals surface area contributed by atoms with Gasteiger partial charge in [0.2, 0.25) is 0 Å². The van der Waals surface area contributed by atoms with Gasteiger partial charge in [-0.15, -0.1) is 24.0 Å². The average Bonchev–Trinajstić information content (AvgIpc) is 3.31. The Morgan fingerprint density at radius 3 is 2.73 bits per heavy atom. The maximum Gasteiger partial charge on any atom is 0.195 e. The van der Waals surface area contributed by atoms with E-state index in [0.717, 1.165) is 48.6 Å². The number of aliphatic imine (C=N–C) groups is 1. The fourth-order valence-electron chi connectivity index (χ4n) is 2.21. The minimum Gasteiger partial charge on any atom is -0.490 e. The second-order valence-electron chi connectivity index (χ2n) is 5.50. The molecular weight excluding hydrogens is 393 g/mol. The Labute approximate surface area is 148 Å². The van der Waals surface area contributed by atoms with Crippen molar-refractivity contribution in [1.82, 2.24) is 5.32 Å². The van der Waals surface area contributed by atoms with Crippen molar-refractivity contribution in [3.05, 3.63) is 18.2 Å². The number of hydrogen-bond donors (Lipinski definition) is 2. The fourth-order valence-corrected chi connectivity index (χ4v) is 2.21. The molecule has 0 spiro atoms. The number of fused-ring (bicyclic) bond motifs is 1. The summed E-state index contributed by atoms with van der Waals surface area (Å²) in [5, 5.41) is 6.61. The van der Waals surface area contributed by atoms with E-state index in [9.17, 15) is 0 Å². The number of nitrogens with one attached hydrogen (secondary N) is 2. The lowest BCUT2D eigenvalue weighted by molar-refractivity contribution is 0.297. The van der Waals surface area contributed by atoms with Crippen molar-refractivity contribution in [3.63, 3.8) is 0 Å². The second kappa shape index (κ2) is 8.45. The molecule has 22 heavy (non-hydrogen) atoms. The topological polar surface area (TPSA) is 54.9 Å². The normalized spacial score (nSPS) is 17.2. The molecule has 0 aromatic heterocycles. The van der Waals surface area contributed by atoms with Crippen LogP contribution in [0.1, 0.15) is 26.2 Å². The lowest BCUT2D eigenvalue weighted by Crippen LogP contribution is -2.30. The molecule has 3 rings (SSSR count). The number of anilines is 1. The summed E-state index contributed by atoms with van der Waals surface area (Å²) in [5.41, 5.74) is 0.967. The zero-order valence-corrected chi connectivity index (χ0v) is 15.3. The highest BCUT2D eigenvalue weighted by Gasteiger charge is 2.20. The van der Waals surface area contributed by atoms with Crippen molar-refractivity contribution in [2.45, 2.75) is 26.2 Å². The third-order valence-electron chi connectivity index (χ3n) is 3.56. The number of benzene rings is 1. The Hall–Kier alpha value is -1.18. The summed E-state index contributed by atoms with van der Waals surface area (Å²) in [6, 6.07) is 5.93. The summed E-state index contributed by atoms with van der Waals surface area (Å²) < 4.78 is 11.4. The van der Waals surface area contributed by atoms with Gasteiger partial charge in [-0.05, 0) is 37.8 Å². The largest absolute Gasteiger partial charge is 0.490 e. The smallest absolute Gasteiger partial charge is 0.195 e. The standard InChI is InChI=1S/C16H23N3O2.HI/c1-2-17-16(18-11-12-4-5-12)19-13-6-7-14-15(10-13)21-9-3-8-20-14;/h6-7,10,12H,2-5,8-9,11H2,1H3,(H2,17,18,19);1H. The molecule has 0 amide bonds. The number of rotatable bonds is 4. The van der Waals surface area contributed by atoms with Gasteiger partial charge in [-0.3, -0.25) is 4.99 Å². The summed E-state index contributed by atoms with van der Waals surface area (Å²) in [5.74, 6) is 3.23. The van der Waals surface area contributed by atoms with Gasteiger partial charge in [-0.2, -0.15) is 0 Å². The van der Waals surface area contributed by atoms with E-state index in [1.165, 1.54) is 12.8 Å². The molecule has 1 aromatic carbocycles. The number of hydrogen-bond acceptors (Lipinski definition) is 3. The Balaban J connectivity index is 0.00000176. The first-order chi connectivity index (χ1) is 10.3. The van der Waals surface area contributed by atoms with Gasteiger partial charge in [0.1, 0.15) is 0 Å². The van der Waals surface area contributed by atoms with Crippen molar-refractivity contribution in [1.29, 1.82) is 0 Å². The third kappa shape index (κ3) is 4.93. The maximum absolute atomic E-state index is 5.71. The molecule has 0 radical (unpaired) electrons. The fraction of sp³-hybridized carbons (Fsp3) is 0.562. The van der Waals surface area contributed by atoms with Gasteiger partial charge in [0.25, 0.3) is 0 Å². The zero-order valence-electron chi connectivity index (χ0n) is 12.9. The van der Waals surface area contributed by atoms with Crippen LogP contribution in [0.4, 0.5) is 5.69 Å².